The number of carbonyl (C=O) groups is 1. The summed E-state index contributed by atoms with van der Waals surface area (Å²) in [6.45, 7) is -0.447. The van der Waals surface area contributed by atoms with Crippen molar-refractivity contribution in [1.82, 2.24) is 0 Å². The van der Waals surface area contributed by atoms with Crippen LogP contribution in [0.5, 0.6) is 0 Å². The number of benzene rings is 1. The van der Waals surface area contributed by atoms with Crippen molar-refractivity contribution in [1.29, 1.82) is 0 Å². The second-order valence-corrected chi connectivity index (χ2v) is 10.7. The monoisotopic (exact) mass is 512 g/mol. The first-order valence-electron chi connectivity index (χ1n) is 13.5. The second-order valence-electron chi connectivity index (χ2n) is 10.7. The number of unbranched alkanes of at least 4 members (excludes halogenated alkanes) is 3. The Hall–Kier alpha value is -1.61. The molecule has 8 heteroatoms. The van der Waals surface area contributed by atoms with E-state index in [1.165, 1.54) is 12.1 Å². The molecule has 0 amide bonds. The zero-order valence-electron chi connectivity index (χ0n) is 21.0. The summed E-state index contributed by atoms with van der Waals surface area (Å²) < 4.78 is 33.2. The highest BCUT2D eigenvalue weighted by Gasteiger charge is 2.42. The standard InChI is InChI=1S/C28H42F2O6/c29-22-8-7-19-11-21(12-20(19)13-22)26(33)10-9-23-24(27(34)14-25(23)30)5-3-1-2-4-6-28(35)36-17-18(15-31)16-32/h7-8,13,18,21,23-27,31-34H,1-6,9-12,14-17H2/t21?,23?,24-,25?,26?,27+/m1/s1. The summed E-state index contributed by atoms with van der Waals surface area (Å²) in [4.78, 5) is 11.7. The van der Waals surface area contributed by atoms with Gasteiger partial charge in [-0.15, -0.1) is 0 Å². The van der Waals surface area contributed by atoms with Crippen LogP contribution in [0.3, 0.4) is 0 Å². The number of fused-ring (bicyclic) bond motifs is 1. The van der Waals surface area contributed by atoms with E-state index in [2.05, 4.69) is 0 Å². The SMILES string of the molecule is O=C(CCCCCC[C@@H]1C(CCC(O)C2Cc3ccc(F)cc3C2)C(F)C[C@@H]1O)OCC(CO)CO. The van der Waals surface area contributed by atoms with Gasteiger partial charge in [0.25, 0.3) is 0 Å². The number of hydrogen-bond donors (Lipinski definition) is 4. The van der Waals surface area contributed by atoms with Crippen LogP contribution < -0.4 is 0 Å². The smallest absolute Gasteiger partial charge is 0.305 e. The summed E-state index contributed by atoms with van der Waals surface area (Å²) in [5, 5.41) is 39.2. The zero-order chi connectivity index (χ0) is 26.1. The van der Waals surface area contributed by atoms with E-state index in [0.29, 0.717) is 32.1 Å². The van der Waals surface area contributed by atoms with Crippen molar-refractivity contribution in [3.8, 4) is 0 Å². The maximum Gasteiger partial charge on any atom is 0.305 e. The maximum atomic E-state index is 14.7. The molecule has 204 valence electrons. The first kappa shape index (κ1) is 29.0. The largest absolute Gasteiger partial charge is 0.465 e. The third kappa shape index (κ3) is 8.20. The third-order valence-electron chi connectivity index (χ3n) is 8.11. The van der Waals surface area contributed by atoms with E-state index in [0.717, 1.165) is 36.8 Å². The molecular formula is C28H42F2O6. The lowest BCUT2D eigenvalue weighted by molar-refractivity contribution is -0.146. The molecule has 1 fully saturated rings. The molecule has 0 saturated heterocycles. The van der Waals surface area contributed by atoms with Gasteiger partial charge in [-0.1, -0.05) is 25.3 Å². The predicted molar refractivity (Wildman–Crippen MR) is 131 cm³/mol. The highest BCUT2D eigenvalue weighted by atomic mass is 19.1. The van der Waals surface area contributed by atoms with Crippen LogP contribution in [0.25, 0.3) is 0 Å². The highest BCUT2D eigenvalue weighted by Crippen LogP contribution is 2.41. The summed E-state index contributed by atoms with van der Waals surface area (Å²) in [6, 6.07) is 4.77. The van der Waals surface area contributed by atoms with Gasteiger partial charge in [0, 0.05) is 18.8 Å². The molecule has 6 atom stereocenters. The number of hydrogen-bond acceptors (Lipinski definition) is 6. The molecule has 3 rings (SSSR count). The highest BCUT2D eigenvalue weighted by molar-refractivity contribution is 5.69. The third-order valence-corrected chi connectivity index (χ3v) is 8.11. The number of carbonyl (C=O) groups excluding carboxylic acids is 1. The van der Waals surface area contributed by atoms with Gasteiger partial charge in [-0.2, -0.15) is 0 Å². The minimum atomic E-state index is -1.07. The van der Waals surface area contributed by atoms with Crippen molar-refractivity contribution < 1.29 is 38.7 Å². The van der Waals surface area contributed by atoms with E-state index in [1.807, 2.05) is 0 Å². The molecule has 0 radical (unpaired) electrons. The van der Waals surface area contributed by atoms with Crippen LogP contribution in [0.1, 0.15) is 68.9 Å². The van der Waals surface area contributed by atoms with E-state index in [4.69, 9.17) is 14.9 Å². The maximum absolute atomic E-state index is 14.7. The second kappa shape index (κ2) is 14.4. The molecule has 0 spiro atoms. The normalized spacial score (nSPS) is 26.4. The van der Waals surface area contributed by atoms with Gasteiger partial charge in [0.15, 0.2) is 0 Å². The summed E-state index contributed by atoms with van der Waals surface area (Å²) in [6.07, 6.45) is 4.40. The predicted octanol–water partition coefficient (Wildman–Crippen LogP) is 3.50. The Morgan fingerprint density at radius 2 is 1.75 bits per heavy atom. The van der Waals surface area contributed by atoms with Crippen molar-refractivity contribution in [2.24, 2.45) is 23.7 Å². The zero-order valence-corrected chi connectivity index (χ0v) is 21.0. The fourth-order valence-corrected chi connectivity index (χ4v) is 5.88. The molecule has 1 aromatic carbocycles. The van der Waals surface area contributed by atoms with Crippen LogP contribution in [0.15, 0.2) is 18.2 Å². The van der Waals surface area contributed by atoms with Crippen molar-refractivity contribution in [3.63, 3.8) is 0 Å². The van der Waals surface area contributed by atoms with Crippen LogP contribution in [0, 0.1) is 29.5 Å². The summed E-state index contributed by atoms with van der Waals surface area (Å²) in [7, 11) is 0. The number of ether oxygens (including phenoxy) is 1. The minimum absolute atomic E-state index is 0.0120. The van der Waals surface area contributed by atoms with Gasteiger partial charge in [-0.3, -0.25) is 4.79 Å². The van der Waals surface area contributed by atoms with Crippen molar-refractivity contribution in [3.05, 3.63) is 35.1 Å². The molecule has 1 aromatic rings. The van der Waals surface area contributed by atoms with E-state index in [-0.39, 0.29) is 62.2 Å². The number of halogens is 2. The molecule has 0 heterocycles. The molecule has 36 heavy (non-hydrogen) atoms. The lowest BCUT2D eigenvalue weighted by Gasteiger charge is -2.25. The van der Waals surface area contributed by atoms with Crippen molar-refractivity contribution >= 4 is 5.97 Å². The topological polar surface area (TPSA) is 107 Å². The fourth-order valence-electron chi connectivity index (χ4n) is 5.88. The Labute approximate surface area is 212 Å². The van der Waals surface area contributed by atoms with Crippen LogP contribution in [-0.4, -0.2) is 64.6 Å². The molecule has 2 aliphatic carbocycles. The van der Waals surface area contributed by atoms with Crippen LogP contribution in [0.2, 0.25) is 0 Å². The van der Waals surface area contributed by atoms with E-state index < -0.39 is 24.3 Å². The number of esters is 1. The molecule has 0 aromatic heterocycles. The first-order chi connectivity index (χ1) is 17.3. The lowest BCUT2D eigenvalue weighted by Crippen LogP contribution is -2.26. The van der Waals surface area contributed by atoms with E-state index in [1.54, 1.807) is 6.07 Å². The fraction of sp³-hybridized carbons (Fsp3) is 0.750. The molecule has 0 aliphatic heterocycles. The number of alkyl halides is 1. The Morgan fingerprint density at radius 3 is 2.50 bits per heavy atom. The molecule has 2 aliphatic rings. The first-order valence-corrected chi connectivity index (χ1v) is 13.5. The van der Waals surface area contributed by atoms with Crippen molar-refractivity contribution in [2.45, 2.75) is 89.0 Å². The van der Waals surface area contributed by atoms with Gasteiger partial charge in [0.05, 0.1) is 32.0 Å². The number of rotatable bonds is 15. The molecule has 6 nitrogen and oxygen atoms in total. The number of aliphatic hydroxyl groups excluding tert-OH is 4. The average Bonchev–Trinajstić information content (AvgIpc) is 3.39. The Bertz CT molecular complexity index is 817. The van der Waals surface area contributed by atoms with E-state index in [9.17, 15) is 23.8 Å². The molecular weight excluding hydrogens is 470 g/mol. The Morgan fingerprint density at radius 1 is 1.03 bits per heavy atom. The molecule has 1 saturated carbocycles. The Balaban J connectivity index is 1.34. The lowest BCUT2D eigenvalue weighted by atomic mass is 9.83. The van der Waals surface area contributed by atoms with Gasteiger partial charge < -0.3 is 25.2 Å². The summed E-state index contributed by atoms with van der Waals surface area (Å²) in [5.74, 6) is -1.42. The van der Waals surface area contributed by atoms with Gasteiger partial charge in [-0.25, -0.2) is 8.78 Å². The Kier molecular flexibility index (Phi) is 11.5. The summed E-state index contributed by atoms with van der Waals surface area (Å²) >= 11 is 0. The average molecular weight is 513 g/mol. The van der Waals surface area contributed by atoms with Crippen molar-refractivity contribution in [2.75, 3.05) is 19.8 Å². The molecule has 0 bridgehead atoms. The van der Waals surface area contributed by atoms with E-state index >= 15 is 0 Å². The van der Waals surface area contributed by atoms with Gasteiger partial charge in [0.2, 0.25) is 0 Å². The van der Waals surface area contributed by atoms with Gasteiger partial charge >= 0.3 is 5.97 Å². The quantitative estimate of drug-likeness (QED) is 0.212. The van der Waals surface area contributed by atoms with Crippen LogP contribution in [-0.2, 0) is 22.4 Å². The minimum Gasteiger partial charge on any atom is -0.465 e. The molecule has 4 N–H and O–H groups in total. The molecule has 4 unspecified atom stereocenters. The summed E-state index contributed by atoms with van der Waals surface area (Å²) in [5.41, 5.74) is 2.02. The van der Waals surface area contributed by atoms with Gasteiger partial charge in [-0.05, 0) is 79.5 Å². The van der Waals surface area contributed by atoms with Crippen LogP contribution >= 0.6 is 0 Å². The number of aliphatic hydroxyl groups is 4. The van der Waals surface area contributed by atoms with Gasteiger partial charge in [0.1, 0.15) is 12.0 Å². The van der Waals surface area contributed by atoms with Crippen LogP contribution in [0.4, 0.5) is 8.78 Å².